The van der Waals surface area contributed by atoms with Gasteiger partial charge in [-0.25, -0.2) is 8.42 Å². The van der Waals surface area contributed by atoms with Gasteiger partial charge in [-0.05, 0) is 37.3 Å². The minimum Gasteiger partial charge on any atom is -0.325 e. The number of halogens is 1. The van der Waals surface area contributed by atoms with Crippen LogP contribution in [0.15, 0.2) is 47.4 Å². The van der Waals surface area contributed by atoms with Gasteiger partial charge < -0.3 is 5.32 Å². The lowest BCUT2D eigenvalue weighted by Gasteiger charge is -2.17. The van der Waals surface area contributed by atoms with E-state index in [0.717, 1.165) is 4.31 Å². The monoisotopic (exact) mass is 405 g/mol. The lowest BCUT2D eigenvalue weighted by atomic mass is 10.2. The molecule has 0 spiro atoms. The summed E-state index contributed by atoms with van der Waals surface area (Å²) in [7, 11) is -2.63. The Bertz CT molecular complexity index is 1030. The highest BCUT2D eigenvalue weighted by molar-refractivity contribution is 7.89. The van der Waals surface area contributed by atoms with Crippen molar-refractivity contribution in [1.82, 2.24) is 4.31 Å². The standard InChI is InChI=1S/C18H16ClN3O4S/c1-12(23)13-3-6-16(7-4-13)27(25,26)22(2)11-18(24)21-15-5-8-17(19)14(9-15)10-20/h3-9H,11H2,1-2H3,(H,21,24). The number of amides is 1. The van der Waals surface area contributed by atoms with E-state index in [1.807, 2.05) is 6.07 Å². The van der Waals surface area contributed by atoms with Gasteiger partial charge in [0.1, 0.15) is 6.07 Å². The van der Waals surface area contributed by atoms with Crippen LogP contribution in [0.5, 0.6) is 0 Å². The van der Waals surface area contributed by atoms with Crippen molar-refractivity contribution in [3.63, 3.8) is 0 Å². The number of carbonyl (C=O) groups is 2. The average Bonchev–Trinajstić information content (AvgIpc) is 2.63. The normalized spacial score (nSPS) is 11.1. The molecule has 0 aliphatic rings. The molecule has 9 heteroatoms. The maximum absolute atomic E-state index is 12.5. The number of hydrogen-bond donors (Lipinski definition) is 1. The third-order valence-corrected chi connectivity index (χ3v) is 5.85. The smallest absolute Gasteiger partial charge is 0.243 e. The SMILES string of the molecule is CC(=O)c1ccc(S(=O)(=O)N(C)CC(=O)Nc2ccc(Cl)c(C#N)c2)cc1. The van der Waals surface area contributed by atoms with Gasteiger partial charge in [-0.3, -0.25) is 9.59 Å². The molecule has 0 aromatic heterocycles. The van der Waals surface area contributed by atoms with E-state index in [0.29, 0.717) is 11.3 Å². The first-order valence-electron chi connectivity index (χ1n) is 7.72. The number of nitrogens with one attached hydrogen (secondary N) is 1. The summed E-state index contributed by atoms with van der Waals surface area (Å²) in [6.07, 6.45) is 0. The van der Waals surface area contributed by atoms with Crippen LogP contribution in [0.1, 0.15) is 22.8 Å². The first-order chi connectivity index (χ1) is 12.6. The van der Waals surface area contributed by atoms with Gasteiger partial charge in [-0.15, -0.1) is 0 Å². The van der Waals surface area contributed by atoms with Crippen molar-refractivity contribution in [1.29, 1.82) is 5.26 Å². The Labute approximate surface area is 162 Å². The molecule has 0 heterocycles. The highest BCUT2D eigenvalue weighted by Crippen LogP contribution is 2.20. The number of rotatable bonds is 6. The van der Waals surface area contributed by atoms with E-state index in [1.54, 1.807) is 0 Å². The number of anilines is 1. The molecule has 2 aromatic carbocycles. The van der Waals surface area contributed by atoms with Crippen molar-refractivity contribution in [2.75, 3.05) is 18.9 Å². The van der Waals surface area contributed by atoms with Crippen LogP contribution in [0, 0.1) is 11.3 Å². The summed E-state index contributed by atoms with van der Waals surface area (Å²) in [4.78, 5) is 23.4. The molecule has 0 bridgehead atoms. The van der Waals surface area contributed by atoms with Gasteiger partial charge in [0, 0.05) is 18.3 Å². The van der Waals surface area contributed by atoms with Gasteiger partial charge in [-0.2, -0.15) is 9.57 Å². The van der Waals surface area contributed by atoms with Crippen molar-refractivity contribution in [2.45, 2.75) is 11.8 Å². The van der Waals surface area contributed by atoms with Crippen LogP contribution in [0.3, 0.4) is 0 Å². The lowest BCUT2D eigenvalue weighted by molar-refractivity contribution is -0.116. The summed E-state index contributed by atoms with van der Waals surface area (Å²) in [5.41, 5.74) is 0.920. The fourth-order valence-electron chi connectivity index (χ4n) is 2.22. The Balaban J connectivity index is 2.10. The first-order valence-corrected chi connectivity index (χ1v) is 9.54. The van der Waals surface area contributed by atoms with Crippen LogP contribution in [0.4, 0.5) is 5.69 Å². The van der Waals surface area contributed by atoms with E-state index in [4.69, 9.17) is 16.9 Å². The zero-order valence-electron chi connectivity index (χ0n) is 14.6. The van der Waals surface area contributed by atoms with Gasteiger partial charge in [0.2, 0.25) is 15.9 Å². The Morgan fingerprint density at radius 3 is 2.37 bits per heavy atom. The molecule has 0 saturated carbocycles. The lowest BCUT2D eigenvalue weighted by Crippen LogP contribution is -2.35. The minimum atomic E-state index is -3.90. The zero-order chi connectivity index (χ0) is 20.2. The second-order valence-corrected chi connectivity index (χ2v) is 8.15. The summed E-state index contributed by atoms with van der Waals surface area (Å²) in [5.74, 6) is -0.751. The summed E-state index contributed by atoms with van der Waals surface area (Å²) >= 11 is 5.83. The van der Waals surface area contributed by atoms with E-state index in [2.05, 4.69) is 5.32 Å². The molecule has 0 unspecified atom stereocenters. The molecule has 140 valence electrons. The molecule has 7 nitrogen and oxygen atoms in total. The highest BCUT2D eigenvalue weighted by atomic mass is 35.5. The fraction of sp³-hybridized carbons (Fsp3) is 0.167. The molecule has 27 heavy (non-hydrogen) atoms. The van der Waals surface area contributed by atoms with Crippen LogP contribution >= 0.6 is 11.6 Å². The Morgan fingerprint density at radius 2 is 1.81 bits per heavy atom. The van der Waals surface area contributed by atoms with Gasteiger partial charge in [0.05, 0.1) is 22.0 Å². The van der Waals surface area contributed by atoms with Crippen molar-refractivity contribution in [3.8, 4) is 6.07 Å². The van der Waals surface area contributed by atoms with E-state index >= 15 is 0 Å². The van der Waals surface area contributed by atoms with E-state index < -0.39 is 22.5 Å². The number of likely N-dealkylation sites (N-methyl/N-ethyl adjacent to an activating group) is 1. The van der Waals surface area contributed by atoms with E-state index in [1.165, 1.54) is 56.4 Å². The van der Waals surface area contributed by atoms with Gasteiger partial charge >= 0.3 is 0 Å². The van der Waals surface area contributed by atoms with Gasteiger partial charge in [-0.1, -0.05) is 23.7 Å². The summed E-state index contributed by atoms with van der Waals surface area (Å²) < 4.78 is 26.0. The summed E-state index contributed by atoms with van der Waals surface area (Å²) in [6.45, 7) is 0.954. The molecule has 1 amide bonds. The highest BCUT2D eigenvalue weighted by Gasteiger charge is 2.23. The molecule has 0 atom stereocenters. The Morgan fingerprint density at radius 1 is 1.19 bits per heavy atom. The maximum Gasteiger partial charge on any atom is 0.243 e. The second kappa shape index (κ2) is 8.31. The number of carbonyl (C=O) groups excluding carboxylic acids is 2. The molecule has 0 aliphatic carbocycles. The number of benzene rings is 2. The Hall–Kier alpha value is -2.73. The molecular weight excluding hydrogens is 390 g/mol. The Kier molecular flexibility index (Phi) is 6.33. The average molecular weight is 406 g/mol. The van der Waals surface area contributed by atoms with Crippen LogP contribution in [0.2, 0.25) is 5.02 Å². The molecule has 2 rings (SSSR count). The van der Waals surface area contributed by atoms with Crippen molar-refractivity contribution < 1.29 is 18.0 Å². The number of nitrogens with zero attached hydrogens (tertiary/aromatic N) is 2. The maximum atomic E-state index is 12.5. The number of ketones is 1. The number of hydrogen-bond acceptors (Lipinski definition) is 5. The van der Waals surface area contributed by atoms with E-state index in [9.17, 15) is 18.0 Å². The van der Waals surface area contributed by atoms with E-state index in [-0.39, 0.29) is 21.3 Å². The molecule has 2 aromatic rings. The zero-order valence-corrected chi connectivity index (χ0v) is 16.1. The minimum absolute atomic E-state index is 0.0268. The molecule has 0 aliphatic heterocycles. The number of Topliss-reactive ketones (excluding diaryl/α,β-unsaturated/α-hetero) is 1. The van der Waals surface area contributed by atoms with Crippen LogP contribution in [-0.4, -0.2) is 38.0 Å². The predicted octanol–water partition coefficient (Wildman–Crippen LogP) is 2.67. The second-order valence-electron chi connectivity index (χ2n) is 5.70. The summed E-state index contributed by atoms with van der Waals surface area (Å²) in [6, 6.07) is 11.7. The van der Waals surface area contributed by atoms with Crippen molar-refractivity contribution in [2.24, 2.45) is 0 Å². The van der Waals surface area contributed by atoms with Crippen LogP contribution in [0.25, 0.3) is 0 Å². The third kappa shape index (κ3) is 4.92. The largest absolute Gasteiger partial charge is 0.325 e. The molecule has 1 N–H and O–H groups in total. The van der Waals surface area contributed by atoms with Crippen molar-refractivity contribution >= 4 is 39.0 Å². The van der Waals surface area contributed by atoms with Crippen molar-refractivity contribution in [3.05, 3.63) is 58.6 Å². The predicted molar refractivity (Wildman–Crippen MR) is 101 cm³/mol. The number of nitriles is 1. The summed E-state index contributed by atoms with van der Waals surface area (Å²) in [5, 5.41) is 11.7. The molecule has 0 radical (unpaired) electrons. The number of sulfonamides is 1. The third-order valence-electron chi connectivity index (χ3n) is 3.71. The molecular formula is C18H16ClN3O4S. The quantitative estimate of drug-likeness (QED) is 0.743. The molecule has 0 fully saturated rings. The topological polar surface area (TPSA) is 107 Å². The molecule has 0 saturated heterocycles. The first kappa shape index (κ1) is 20.6. The van der Waals surface area contributed by atoms with Crippen LogP contribution in [-0.2, 0) is 14.8 Å². The van der Waals surface area contributed by atoms with Gasteiger partial charge in [0.25, 0.3) is 0 Å². The van der Waals surface area contributed by atoms with Crippen LogP contribution < -0.4 is 5.32 Å². The van der Waals surface area contributed by atoms with Gasteiger partial charge in [0.15, 0.2) is 5.78 Å². The fourth-order valence-corrected chi connectivity index (χ4v) is 3.50.